The van der Waals surface area contributed by atoms with Gasteiger partial charge in [-0.3, -0.25) is 9.97 Å². The van der Waals surface area contributed by atoms with Crippen LogP contribution in [0.3, 0.4) is 0 Å². The Hall–Kier alpha value is -1.94. The molecule has 0 bridgehead atoms. The molecule has 0 aromatic carbocycles. The van der Waals surface area contributed by atoms with Crippen LogP contribution < -0.4 is 10.1 Å². The molecule has 0 amide bonds. The fourth-order valence-electron chi connectivity index (χ4n) is 1.76. The van der Waals surface area contributed by atoms with Crippen LogP contribution in [0.1, 0.15) is 18.2 Å². The van der Waals surface area contributed by atoms with Crippen LogP contribution in [-0.2, 0) is 13.0 Å². The number of aromatic nitrogens is 2. The van der Waals surface area contributed by atoms with Gasteiger partial charge in [0.1, 0.15) is 5.75 Å². The molecule has 0 aliphatic heterocycles. The third kappa shape index (κ3) is 4.34. The summed E-state index contributed by atoms with van der Waals surface area (Å²) in [4.78, 5) is 8.38. The SMILES string of the molecule is CCNCc1ccncc1OCCc1ccccn1. The van der Waals surface area contributed by atoms with Crippen LogP contribution in [-0.4, -0.2) is 23.1 Å². The van der Waals surface area contributed by atoms with Crippen molar-refractivity contribution >= 4 is 0 Å². The van der Waals surface area contributed by atoms with Gasteiger partial charge in [0.2, 0.25) is 0 Å². The number of rotatable bonds is 7. The molecule has 0 aliphatic carbocycles. The van der Waals surface area contributed by atoms with E-state index in [-0.39, 0.29) is 0 Å². The Labute approximate surface area is 113 Å². The molecule has 0 saturated heterocycles. The topological polar surface area (TPSA) is 47.0 Å². The summed E-state index contributed by atoms with van der Waals surface area (Å²) in [7, 11) is 0. The minimum absolute atomic E-state index is 0.613. The van der Waals surface area contributed by atoms with E-state index in [1.807, 2.05) is 24.3 Å². The van der Waals surface area contributed by atoms with E-state index in [0.717, 1.165) is 36.5 Å². The number of nitrogens with zero attached hydrogens (tertiary/aromatic N) is 2. The van der Waals surface area contributed by atoms with E-state index in [9.17, 15) is 0 Å². The Morgan fingerprint density at radius 3 is 2.95 bits per heavy atom. The minimum Gasteiger partial charge on any atom is -0.491 e. The molecule has 19 heavy (non-hydrogen) atoms. The van der Waals surface area contributed by atoms with E-state index in [1.54, 1.807) is 18.6 Å². The van der Waals surface area contributed by atoms with Crippen molar-refractivity contribution in [2.75, 3.05) is 13.2 Å². The molecule has 0 atom stereocenters. The van der Waals surface area contributed by atoms with Gasteiger partial charge in [-0.25, -0.2) is 0 Å². The van der Waals surface area contributed by atoms with Crippen LogP contribution in [0.15, 0.2) is 42.9 Å². The van der Waals surface area contributed by atoms with E-state index in [1.165, 1.54) is 0 Å². The van der Waals surface area contributed by atoms with Crippen molar-refractivity contribution < 1.29 is 4.74 Å². The number of hydrogen-bond acceptors (Lipinski definition) is 4. The van der Waals surface area contributed by atoms with Crippen LogP contribution in [0.4, 0.5) is 0 Å². The van der Waals surface area contributed by atoms with Crippen molar-refractivity contribution in [3.8, 4) is 5.75 Å². The quantitative estimate of drug-likeness (QED) is 0.826. The summed E-state index contributed by atoms with van der Waals surface area (Å²) in [6, 6.07) is 7.90. The zero-order valence-electron chi connectivity index (χ0n) is 11.2. The van der Waals surface area contributed by atoms with Crippen LogP contribution in [0, 0.1) is 0 Å². The Bertz CT molecular complexity index is 488. The normalized spacial score (nSPS) is 10.4. The lowest BCUT2D eigenvalue weighted by Gasteiger charge is -2.10. The molecule has 4 nitrogen and oxygen atoms in total. The van der Waals surface area contributed by atoms with Gasteiger partial charge in [0.15, 0.2) is 0 Å². The summed E-state index contributed by atoms with van der Waals surface area (Å²) in [5.74, 6) is 0.847. The molecule has 0 spiro atoms. The molecule has 0 saturated carbocycles. The molecule has 4 heteroatoms. The van der Waals surface area contributed by atoms with E-state index >= 15 is 0 Å². The van der Waals surface area contributed by atoms with Crippen molar-refractivity contribution in [1.82, 2.24) is 15.3 Å². The van der Waals surface area contributed by atoms with Gasteiger partial charge in [-0.15, -0.1) is 0 Å². The van der Waals surface area contributed by atoms with Crippen molar-refractivity contribution in [3.05, 3.63) is 54.1 Å². The summed E-state index contributed by atoms with van der Waals surface area (Å²) in [6.07, 6.45) is 6.16. The molecule has 100 valence electrons. The standard InChI is InChI=1S/C15H19N3O/c1-2-16-11-13-6-9-17-12-15(13)19-10-7-14-5-3-4-8-18-14/h3-6,8-9,12,16H,2,7,10-11H2,1H3. The van der Waals surface area contributed by atoms with Crippen molar-refractivity contribution in [2.45, 2.75) is 19.9 Å². The van der Waals surface area contributed by atoms with Gasteiger partial charge < -0.3 is 10.1 Å². The maximum atomic E-state index is 5.80. The Kier molecular flexibility index (Phi) is 5.31. The highest BCUT2D eigenvalue weighted by Crippen LogP contribution is 2.16. The number of ether oxygens (including phenoxy) is 1. The fraction of sp³-hybridized carbons (Fsp3) is 0.333. The predicted octanol–water partition coefficient (Wildman–Crippen LogP) is 2.21. The second kappa shape index (κ2) is 7.48. The van der Waals surface area contributed by atoms with E-state index in [0.29, 0.717) is 6.61 Å². The number of pyridine rings is 2. The largest absolute Gasteiger partial charge is 0.491 e. The van der Waals surface area contributed by atoms with Crippen LogP contribution in [0.25, 0.3) is 0 Å². The molecule has 2 rings (SSSR count). The number of hydrogen-bond donors (Lipinski definition) is 1. The van der Waals surface area contributed by atoms with E-state index in [2.05, 4.69) is 22.2 Å². The van der Waals surface area contributed by atoms with Crippen molar-refractivity contribution in [2.24, 2.45) is 0 Å². The molecule has 2 aromatic rings. The first-order valence-electron chi connectivity index (χ1n) is 6.56. The monoisotopic (exact) mass is 257 g/mol. The highest BCUT2D eigenvalue weighted by atomic mass is 16.5. The molecule has 2 aromatic heterocycles. The molecule has 0 radical (unpaired) electrons. The lowest BCUT2D eigenvalue weighted by molar-refractivity contribution is 0.315. The Morgan fingerprint density at radius 1 is 1.21 bits per heavy atom. The summed E-state index contributed by atoms with van der Waals surface area (Å²) in [6.45, 7) is 4.44. The van der Waals surface area contributed by atoms with Crippen molar-refractivity contribution in [1.29, 1.82) is 0 Å². The third-order valence-corrected chi connectivity index (χ3v) is 2.78. The second-order valence-electron chi connectivity index (χ2n) is 4.18. The highest BCUT2D eigenvalue weighted by molar-refractivity contribution is 5.29. The zero-order valence-corrected chi connectivity index (χ0v) is 11.2. The third-order valence-electron chi connectivity index (χ3n) is 2.78. The molecule has 0 fully saturated rings. The maximum Gasteiger partial charge on any atom is 0.142 e. The minimum atomic E-state index is 0.613. The summed E-state index contributed by atoms with van der Waals surface area (Å²) >= 11 is 0. The van der Waals surface area contributed by atoms with Gasteiger partial charge in [-0.1, -0.05) is 13.0 Å². The van der Waals surface area contributed by atoms with Crippen molar-refractivity contribution in [3.63, 3.8) is 0 Å². The van der Waals surface area contributed by atoms with Gasteiger partial charge in [-0.2, -0.15) is 0 Å². The molecular weight excluding hydrogens is 238 g/mol. The lowest BCUT2D eigenvalue weighted by atomic mass is 10.2. The summed E-state index contributed by atoms with van der Waals surface area (Å²) in [5.41, 5.74) is 2.18. The predicted molar refractivity (Wildman–Crippen MR) is 75.1 cm³/mol. The molecule has 1 N–H and O–H groups in total. The molecule has 0 aliphatic rings. The van der Waals surface area contributed by atoms with Crippen LogP contribution in [0.5, 0.6) is 5.75 Å². The first-order valence-corrected chi connectivity index (χ1v) is 6.56. The summed E-state index contributed by atoms with van der Waals surface area (Å²) < 4.78 is 5.80. The Balaban J connectivity index is 1.88. The fourth-order valence-corrected chi connectivity index (χ4v) is 1.76. The van der Waals surface area contributed by atoms with Gasteiger partial charge in [0.25, 0.3) is 0 Å². The average Bonchev–Trinajstić information content (AvgIpc) is 2.47. The first-order chi connectivity index (χ1) is 9.40. The van der Waals surface area contributed by atoms with Gasteiger partial charge in [-0.05, 0) is 24.7 Å². The Morgan fingerprint density at radius 2 is 2.16 bits per heavy atom. The lowest BCUT2D eigenvalue weighted by Crippen LogP contribution is -2.13. The van der Waals surface area contributed by atoms with E-state index in [4.69, 9.17) is 4.74 Å². The zero-order chi connectivity index (χ0) is 13.3. The first kappa shape index (κ1) is 13.5. The smallest absolute Gasteiger partial charge is 0.142 e. The highest BCUT2D eigenvalue weighted by Gasteiger charge is 2.03. The summed E-state index contributed by atoms with van der Waals surface area (Å²) in [5, 5.41) is 3.29. The van der Waals surface area contributed by atoms with Crippen LogP contribution >= 0.6 is 0 Å². The average molecular weight is 257 g/mol. The molecular formula is C15H19N3O. The van der Waals surface area contributed by atoms with Crippen LogP contribution in [0.2, 0.25) is 0 Å². The molecule has 0 unspecified atom stereocenters. The second-order valence-corrected chi connectivity index (χ2v) is 4.18. The maximum absolute atomic E-state index is 5.80. The van der Waals surface area contributed by atoms with Gasteiger partial charge >= 0.3 is 0 Å². The number of nitrogens with one attached hydrogen (secondary N) is 1. The molecule has 2 heterocycles. The van der Waals surface area contributed by atoms with Gasteiger partial charge in [0, 0.05) is 36.6 Å². The van der Waals surface area contributed by atoms with E-state index < -0.39 is 0 Å². The van der Waals surface area contributed by atoms with Gasteiger partial charge in [0.05, 0.1) is 12.8 Å².